The Morgan fingerprint density at radius 3 is 3.09 bits per heavy atom. The molecule has 0 bridgehead atoms. The molecule has 3 nitrogen and oxygen atoms in total. The minimum absolute atomic E-state index is 0.230. The summed E-state index contributed by atoms with van der Waals surface area (Å²) in [6.07, 6.45) is 1.61. The molecule has 1 aliphatic rings. The third-order valence-corrected chi connectivity index (χ3v) is 2.67. The van der Waals surface area contributed by atoms with Crippen LogP contribution in [0.15, 0.2) is 11.6 Å². The highest BCUT2D eigenvalue weighted by atomic mass is 32.1. The molecule has 1 aromatic rings. The lowest BCUT2D eigenvalue weighted by molar-refractivity contribution is 0.178. The van der Waals surface area contributed by atoms with Gasteiger partial charge in [-0.3, -0.25) is 0 Å². The Labute approximate surface area is 69.2 Å². The Kier molecular flexibility index (Phi) is 1.89. The highest BCUT2D eigenvalue weighted by Gasteiger charge is 2.26. The van der Waals surface area contributed by atoms with Crippen LogP contribution in [-0.4, -0.2) is 28.7 Å². The van der Waals surface area contributed by atoms with E-state index < -0.39 is 0 Å². The second-order valence-electron chi connectivity index (χ2n) is 2.79. The van der Waals surface area contributed by atoms with Crippen molar-refractivity contribution in [3.05, 3.63) is 17.1 Å². The van der Waals surface area contributed by atoms with Crippen molar-refractivity contribution >= 4 is 11.5 Å². The van der Waals surface area contributed by atoms with Crippen LogP contribution in [-0.2, 0) is 0 Å². The molecule has 1 fully saturated rings. The van der Waals surface area contributed by atoms with Gasteiger partial charge >= 0.3 is 0 Å². The molecule has 0 aromatic carbocycles. The van der Waals surface area contributed by atoms with Crippen LogP contribution in [0.1, 0.15) is 11.5 Å². The van der Waals surface area contributed by atoms with E-state index in [1.54, 1.807) is 0 Å². The normalized spacial score (nSPS) is 31.0. The Morgan fingerprint density at radius 2 is 2.55 bits per heavy atom. The molecule has 2 heterocycles. The number of β-amino-alcohol motifs (C(OH)–C–C–N with tert-alkyl or cyclic N) is 1. The number of aromatic nitrogens is 1. The van der Waals surface area contributed by atoms with Gasteiger partial charge in [-0.15, -0.1) is 0 Å². The summed E-state index contributed by atoms with van der Waals surface area (Å²) in [5, 5.41) is 14.6. The summed E-state index contributed by atoms with van der Waals surface area (Å²) in [6, 6.07) is 0. The predicted octanol–water partition coefficient (Wildman–Crippen LogP) is 0.191. The van der Waals surface area contributed by atoms with E-state index in [0.29, 0.717) is 6.54 Å². The van der Waals surface area contributed by atoms with Crippen molar-refractivity contribution in [2.24, 2.45) is 0 Å². The standard InChI is InChI=1S/C7H10N2OS/c10-7-3-8-2-6(7)5-1-9-11-4-5/h1,4,6-8,10H,2-3H2/t6-,7+/m0/s1. The number of hydrogen-bond donors (Lipinski definition) is 2. The van der Waals surface area contributed by atoms with Crippen molar-refractivity contribution in [3.63, 3.8) is 0 Å². The first-order valence-corrected chi connectivity index (χ1v) is 4.49. The molecule has 0 aliphatic carbocycles. The minimum atomic E-state index is -0.230. The van der Waals surface area contributed by atoms with Crippen LogP contribution >= 0.6 is 11.5 Å². The van der Waals surface area contributed by atoms with E-state index in [9.17, 15) is 5.11 Å². The summed E-state index contributed by atoms with van der Waals surface area (Å²) in [5.41, 5.74) is 1.16. The van der Waals surface area contributed by atoms with E-state index in [4.69, 9.17) is 0 Å². The first-order chi connectivity index (χ1) is 5.38. The van der Waals surface area contributed by atoms with Gasteiger partial charge in [0.2, 0.25) is 0 Å². The van der Waals surface area contributed by atoms with Crippen LogP contribution in [0.5, 0.6) is 0 Å². The lowest BCUT2D eigenvalue weighted by atomic mass is 10.0. The van der Waals surface area contributed by atoms with Crippen LogP contribution < -0.4 is 5.32 Å². The zero-order valence-electron chi connectivity index (χ0n) is 6.03. The predicted molar refractivity (Wildman–Crippen MR) is 43.7 cm³/mol. The minimum Gasteiger partial charge on any atom is -0.391 e. The topological polar surface area (TPSA) is 45.1 Å². The monoisotopic (exact) mass is 170 g/mol. The maximum atomic E-state index is 9.48. The van der Waals surface area contributed by atoms with Gasteiger partial charge in [0, 0.05) is 30.6 Å². The third-order valence-electron chi connectivity index (χ3n) is 2.06. The molecule has 1 saturated heterocycles. The Balaban J connectivity index is 2.16. The summed E-state index contributed by atoms with van der Waals surface area (Å²) < 4.78 is 4.00. The second kappa shape index (κ2) is 2.89. The largest absolute Gasteiger partial charge is 0.391 e. The Morgan fingerprint density at radius 1 is 1.64 bits per heavy atom. The molecule has 0 amide bonds. The smallest absolute Gasteiger partial charge is 0.0746 e. The second-order valence-corrected chi connectivity index (χ2v) is 3.45. The maximum Gasteiger partial charge on any atom is 0.0746 e. The summed E-state index contributed by atoms with van der Waals surface area (Å²) in [4.78, 5) is 0. The zero-order valence-corrected chi connectivity index (χ0v) is 6.84. The van der Waals surface area contributed by atoms with Gasteiger partial charge in [-0.1, -0.05) is 0 Å². The molecule has 0 unspecified atom stereocenters. The molecular weight excluding hydrogens is 160 g/mol. The van der Waals surface area contributed by atoms with Gasteiger partial charge in [0.15, 0.2) is 0 Å². The van der Waals surface area contributed by atoms with E-state index in [1.165, 1.54) is 11.5 Å². The number of rotatable bonds is 1. The van der Waals surface area contributed by atoms with Crippen molar-refractivity contribution in [3.8, 4) is 0 Å². The summed E-state index contributed by atoms with van der Waals surface area (Å²) in [5.74, 6) is 0.258. The van der Waals surface area contributed by atoms with Crippen molar-refractivity contribution < 1.29 is 5.11 Å². The highest BCUT2D eigenvalue weighted by molar-refractivity contribution is 7.03. The number of hydrogen-bond acceptors (Lipinski definition) is 4. The van der Waals surface area contributed by atoms with Gasteiger partial charge in [-0.05, 0) is 17.1 Å². The summed E-state index contributed by atoms with van der Waals surface area (Å²) >= 11 is 1.44. The highest BCUT2D eigenvalue weighted by Crippen LogP contribution is 2.22. The van der Waals surface area contributed by atoms with Crippen LogP contribution in [0, 0.1) is 0 Å². The summed E-state index contributed by atoms with van der Waals surface area (Å²) in [7, 11) is 0. The lowest BCUT2D eigenvalue weighted by Crippen LogP contribution is -2.15. The SMILES string of the molecule is O[C@@H]1CNC[C@H]1c1cnsc1. The van der Waals surface area contributed by atoms with Crippen molar-refractivity contribution in [1.82, 2.24) is 9.69 Å². The molecule has 2 N–H and O–H groups in total. The third kappa shape index (κ3) is 1.29. The van der Waals surface area contributed by atoms with Crippen LogP contribution in [0.25, 0.3) is 0 Å². The molecule has 1 aromatic heterocycles. The van der Waals surface area contributed by atoms with E-state index in [1.807, 2.05) is 11.6 Å². The average molecular weight is 170 g/mol. The quantitative estimate of drug-likeness (QED) is 0.632. The summed E-state index contributed by atoms with van der Waals surface area (Å²) in [6.45, 7) is 1.58. The maximum absolute atomic E-state index is 9.48. The number of nitrogens with zero attached hydrogens (tertiary/aromatic N) is 1. The fourth-order valence-electron chi connectivity index (χ4n) is 1.40. The van der Waals surface area contributed by atoms with Crippen molar-refractivity contribution in [2.75, 3.05) is 13.1 Å². The molecule has 0 spiro atoms. The van der Waals surface area contributed by atoms with E-state index in [0.717, 1.165) is 12.1 Å². The van der Waals surface area contributed by atoms with Gasteiger partial charge in [0.05, 0.1) is 6.10 Å². The first kappa shape index (κ1) is 7.21. The van der Waals surface area contributed by atoms with E-state index in [-0.39, 0.29) is 12.0 Å². The Hall–Kier alpha value is -0.450. The van der Waals surface area contributed by atoms with E-state index in [2.05, 4.69) is 9.69 Å². The fraction of sp³-hybridized carbons (Fsp3) is 0.571. The first-order valence-electron chi connectivity index (χ1n) is 3.66. The molecule has 2 atom stereocenters. The van der Waals surface area contributed by atoms with E-state index >= 15 is 0 Å². The molecule has 0 radical (unpaired) electrons. The average Bonchev–Trinajstić information content (AvgIpc) is 2.55. The van der Waals surface area contributed by atoms with Gasteiger partial charge in [-0.25, -0.2) is 4.37 Å². The zero-order chi connectivity index (χ0) is 7.68. The molecule has 4 heteroatoms. The number of aliphatic hydroxyl groups excluding tert-OH is 1. The van der Waals surface area contributed by atoms with Gasteiger partial charge < -0.3 is 10.4 Å². The van der Waals surface area contributed by atoms with Gasteiger partial charge in [-0.2, -0.15) is 0 Å². The van der Waals surface area contributed by atoms with Gasteiger partial charge in [0.25, 0.3) is 0 Å². The molecule has 1 aliphatic heterocycles. The molecule has 0 saturated carbocycles. The molecule has 60 valence electrons. The van der Waals surface area contributed by atoms with Crippen LogP contribution in [0.3, 0.4) is 0 Å². The number of aliphatic hydroxyl groups is 1. The molecule has 2 rings (SSSR count). The molecule has 11 heavy (non-hydrogen) atoms. The Bertz CT molecular complexity index is 224. The lowest BCUT2D eigenvalue weighted by Gasteiger charge is -2.09. The molecular formula is C7H10N2OS. The number of nitrogens with one attached hydrogen (secondary N) is 1. The van der Waals surface area contributed by atoms with Crippen LogP contribution in [0.4, 0.5) is 0 Å². The fourth-order valence-corrected chi connectivity index (χ4v) is 2.00. The van der Waals surface area contributed by atoms with Gasteiger partial charge in [0.1, 0.15) is 0 Å². The van der Waals surface area contributed by atoms with Crippen molar-refractivity contribution in [1.29, 1.82) is 0 Å². The van der Waals surface area contributed by atoms with Crippen molar-refractivity contribution in [2.45, 2.75) is 12.0 Å². The van der Waals surface area contributed by atoms with Crippen LogP contribution in [0.2, 0.25) is 0 Å².